The number of hydrogen-bond acceptors (Lipinski definition) is 2. The highest BCUT2D eigenvalue weighted by Gasteiger charge is 2.22. The Labute approximate surface area is 122 Å². The fourth-order valence-electron chi connectivity index (χ4n) is 3.36. The Kier molecular flexibility index (Phi) is 6.34. The van der Waals surface area contributed by atoms with E-state index in [1.807, 2.05) is 0 Å². The molecule has 114 valence electrons. The normalized spacial score (nSPS) is 21.4. The summed E-state index contributed by atoms with van der Waals surface area (Å²) >= 11 is 0. The number of hydrogen-bond donors (Lipinski definition) is 2. The lowest BCUT2D eigenvalue weighted by atomic mass is 10.1. The number of amides is 2. The average molecular weight is 280 g/mol. The lowest BCUT2D eigenvalue weighted by Crippen LogP contribution is -2.37. The van der Waals surface area contributed by atoms with Gasteiger partial charge in [-0.15, -0.1) is 0 Å². The molecule has 2 fully saturated rings. The van der Waals surface area contributed by atoms with Crippen molar-refractivity contribution in [2.75, 3.05) is 6.54 Å². The number of carbonyl (C=O) groups excluding carboxylic acids is 2. The van der Waals surface area contributed by atoms with Crippen molar-refractivity contribution in [1.82, 2.24) is 10.6 Å². The minimum Gasteiger partial charge on any atom is -0.355 e. The summed E-state index contributed by atoms with van der Waals surface area (Å²) in [6, 6.07) is 0.357. The number of rotatable bonds is 5. The van der Waals surface area contributed by atoms with E-state index in [1.54, 1.807) is 0 Å². The number of carbonyl (C=O) groups is 2. The van der Waals surface area contributed by atoms with Crippen molar-refractivity contribution in [3.05, 3.63) is 0 Å². The molecule has 4 nitrogen and oxygen atoms in total. The molecule has 0 spiro atoms. The number of nitrogens with one attached hydrogen (secondary N) is 2. The highest BCUT2D eigenvalue weighted by atomic mass is 16.2. The van der Waals surface area contributed by atoms with E-state index in [4.69, 9.17) is 0 Å². The summed E-state index contributed by atoms with van der Waals surface area (Å²) in [7, 11) is 0. The van der Waals surface area contributed by atoms with Gasteiger partial charge in [-0.2, -0.15) is 0 Å². The smallest absolute Gasteiger partial charge is 0.223 e. The van der Waals surface area contributed by atoms with Gasteiger partial charge in [0.25, 0.3) is 0 Å². The first-order chi connectivity index (χ1) is 9.75. The third-order valence-corrected chi connectivity index (χ3v) is 4.60. The minimum absolute atomic E-state index is 0.0867. The van der Waals surface area contributed by atoms with Crippen molar-refractivity contribution in [2.45, 2.75) is 76.7 Å². The summed E-state index contributed by atoms with van der Waals surface area (Å²) in [5.74, 6) is 0.424. The van der Waals surface area contributed by atoms with Gasteiger partial charge in [0.05, 0.1) is 0 Å². The summed E-state index contributed by atoms with van der Waals surface area (Å²) in [6.45, 7) is 0.480. The maximum atomic E-state index is 11.9. The van der Waals surface area contributed by atoms with Crippen LogP contribution in [0.4, 0.5) is 0 Å². The molecule has 0 radical (unpaired) electrons. The van der Waals surface area contributed by atoms with Gasteiger partial charge in [0.1, 0.15) is 0 Å². The molecule has 0 bridgehead atoms. The van der Waals surface area contributed by atoms with Crippen LogP contribution in [-0.2, 0) is 9.59 Å². The monoisotopic (exact) mass is 280 g/mol. The summed E-state index contributed by atoms with van der Waals surface area (Å²) in [6.07, 6.45) is 12.0. The van der Waals surface area contributed by atoms with Crippen LogP contribution < -0.4 is 10.6 Å². The Hall–Kier alpha value is -1.06. The van der Waals surface area contributed by atoms with Gasteiger partial charge in [0, 0.05) is 24.9 Å². The molecule has 20 heavy (non-hydrogen) atoms. The van der Waals surface area contributed by atoms with Crippen LogP contribution in [0.2, 0.25) is 0 Å². The summed E-state index contributed by atoms with van der Waals surface area (Å²) in [5, 5.41) is 6.02. The summed E-state index contributed by atoms with van der Waals surface area (Å²) in [5.41, 5.74) is 0. The van der Waals surface area contributed by atoms with Crippen molar-refractivity contribution < 1.29 is 9.59 Å². The second kappa shape index (κ2) is 8.28. The van der Waals surface area contributed by atoms with E-state index in [0.717, 1.165) is 25.7 Å². The average Bonchev–Trinajstić information content (AvgIpc) is 2.85. The van der Waals surface area contributed by atoms with Crippen LogP contribution in [0.3, 0.4) is 0 Å². The van der Waals surface area contributed by atoms with E-state index < -0.39 is 0 Å². The Morgan fingerprint density at radius 1 is 0.850 bits per heavy atom. The highest BCUT2D eigenvalue weighted by molar-refractivity contribution is 5.80. The third kappa shape index (κ3) is 5.14. The summed E-state index contributed by atoms with van der Waals surface area (Å²) < 4.78 is 0. The summed E-state index contributed by atoms with van der Waals surface area (Å²) in [4.78, 5) is 23.7. The molecule has 0 aliphatic heterocycles. The van der Waals surface area contributed by atoms with E-state index in [0.29, 0.717) is 19.0 Å². The molecule has 0 heterocycles. The predicted molar refractivity (Wildman–Crippen MR) is 79.2 cm³/mol. The molecule has 0 aromatic heterocycles. The lowest BCUT2D eigenvalue weighted by molar-refractivity contribution is -0.125. The zero-order valence-electron chi connectivity index (χ0n) is 12.5. The Bertz CT molecular complexity index is 316. The molecular formula is C16H28N2O2. The molecule has 2 aliphatic rings. The lowest BCUT2D eigenvalue weighted by Gasteiger charge is -2.16. The van der Waals surface area contributed by atoms with Crippen LogP contribution in [0.25, 0.3) is 0 Å². The second-order valence-electron chi connectivity index (χ2n) is 6.28. The highest BCUT2D eigenvalue weighted by Crippen LogP contribution is 2.24. The fraction of sp³-hybridized carbons (Fsp3) is 0.875. The van der Waals surface area contributed by atoms with Crippen molar-refractivity contribution >= 4 is 11.8 Å². The van der Waals surface area contributed by atoms with Crippen molar-refractivity contribution in [2.24, 2.45) is 5.92 Å². The largest absolute Gasteiger partial charge is 0.355 e. The fourth-order valence-corrected chi connectivity index (χ4v) is 3.36. The van der Waals surface area contributed by atoms with Gasteiger partial charge in [0.15, 0.2) is 0 Å². The molecular weight excluding hydrogens is 252 g/mol. The van der Waals surface area contributed by atoms with E-state index in [2.05, 4.69) is 10.6 Å². The molecule has 0 aromatic rings. The van der Waals surface area contributed by atoms with E-state index in [1.165, 1.54) is 38.5 Å². The topological polar surface area (TPSA) is 58.2 Å². The van der Waals surface area contributed by atoms with Gasteiger partial charge >= 0.3 is 0 Å². The third-order valence-electron chi connectivity index (χ3n) is 4.60. The predicted octanol–water partition coefficient (Wildman–Crippen LogP) is 2.52. The van der Waals surface area contributed by atoms with Crippen LogP contribution in [0.1, 0.15) is 70.6 Å². The van der Waals surface area contributed by atoms with Crippen LogP contribution in [0.15, 0.2) is 0 Å². The molecule has 0 unspecified atom stereocenters. The van der Waals surface area contributed by atoms with E-state index in [-0.39, 0.29) is 17.7 Å². The SMILES string of the molecule is O=C(CCNC(=O)C1CCCC1)NC1CCCCCC1. The second-order valence-corrected chi connectivity index (χ2v) is 6.28. The van der Waals surface area contributed by atoms with Crippen molar-refractivity contribution in [3.63, 3.8) is 0 Å². The molecule has 4 heteroatoms. The van der Waals surface area contributed by atoms with Gasteiger partial charge in [-0.1, -0.05) is 38.5 Å². The van der Waals surface area contributed by atoms with Gasteiger partial charge in [-0.3, -0.25) is 9.59 Å². The van der Waals surface area contributed by atoms with Crippen molar-refractivity contribution in [3.8, 4) is 0 Å². The maximum Gasteiger partial charge on any atom is 0.223 e. The van der Waals surface area contributed by atoms with Crippen LogP contribution in [0.5, 0.6) is 0 Å². The zero-order valence-corrected chi connectivity index (χ0v) is 12.5. The van der Waals surface area contributed by atoms with Crippen LogP contribution in [-0.4, -0.2) is 24.4 Å². The van der Waals surface area contributed by atoms with Gasteiger partial charge < -0.3 is 10.6 Å². The van der Waals surface area contributed by atoms with Crippen molar-refractivity contribution in [1.29, 1.82) is 0 Å². The van der Waals surface area contributed by atoms with Gasteiger partial charge in [0.2, 0.25) is 11.8 Å². The zero-order chi connectivity index (χ0) is 14.2. The van der Waals surface area contributed by atoms with Gasteiger partial charge in [-0.25, -0.2) is 0 Å². The standard InChI is InChI=1S/C16H28N2O2/c19-15(18-14-9-3-1-2-4-10-14)11-12-17-16(20)13-7-5-6-8-13/h13-14H,1-12H2,(H,17,20)(H,18,19). The van der Waals surface area contributed by atoms with Crippen LogP contribution >= 0.6 is 0 Å². The maximum absolute atomic E-state index is 11.9. The first-order valence-corrected chi connectivity index (χ1v) is 8.33. The molecule has 2 rings (SSSR count). The minimum atomic E-state index is 0.0867. The molecule has 0 saturated heterocycles. The van der Waals surface area contributed by atoms with E-state index >= 15 is 0 Å². The molecule has 0 atom stereocenters. The molecule has 2 amide bonds. The Balaban J connectivity index is 1.58. The molecule has 2 saturated carbocycles. The first-order valence-electron chi connectivity index (χ1n) is 8.33. The van der Waals surface area contributed by atoms with Gasteiger partial charge in [-0.05, 0) is 25.7 Å². The van der Waals surface area contributed by atoms with Crippen LogP contribution in [0, 0.1) is 5.92 Å². The molecule has 2 aliphatic carbocycles. The Morgan fingerprint density at radius 2 is 1.45 bits per heavy atom. The Morgan fingerprint density at radius 3 is 2.10 bits per heavy atom. The molecule has 2 N–H and O–H groups in total. The quantitative estimate of drug-likeness (QED) is 0.760. The first kappa shape index (κ1) is 15.3. The molecule has 0 aromatic carbocycles. The van der Waals surface area contributed by atoms with E-state index in [9.17, 15) is 9.59 Å².